The second kappa shape index (κ2) is 5.43. The second-order valence-corrected chi connectivity index (χ2v) is 2.58. The first-order chi connectivity index (χ1) is 3.30. The van der Waals surface area contributed by atoms with Crippen molar-refractivity contribution >= 4 is 24.8 Å². The largest absolute Gasteiger partial charge is 0.147 e. The first kappa shape index (κ1) is 12.3. The van der Waals surface area contributed by atoms with Crippen LogP contribution in [0, 0.1) is 0 Å². The molecule has 0 aromatic carbocycles. The Hall–Kier alpha value is 0.644. The summed E-state index contributed by atoms with van der Waals surface area (Å²) in [6, 6.07) is 0. The van der Waals surface area contributed by atoms with E-state index in [-0.39, 0.29) is 24.8 Å². The Morgan fingerprint density at radius 3 is 2.11 bits per heavy atom. The number of rotatable bonds is 0. The zero-order valence-corrected chi connectivity index (χ0v) is 8.16. The van der Waals surface area contributed by atoms with Crippen LogP contribution < -0.4 is 0 Å². The van der Waals surface area contributed by atoms with Crippen molar-refractivity contribution in [1.82, 2.24) is 0 Å². The van der Waals surface area contributed by atoms with Crippen molar-refractivity contribution in [2.75, 3.05) is 0 Å². The van der Waals surface area contributed by atoms with Gasteiger partial charge in [-0.05, 0) is 0 Å². The van der Waals surface area contributed by atoms with Gasteiger partial charge in [0, 0.05) is 0 Å². The van der Waals surface area contributed by atoms with Crippen LogP contribution in [0.15, 0.2) is 22.0 Å². The Labute approximate surface area is 77.6 Å². The second-order valence-electron chi connectivity index (χ2n) is 1.74. The van der Waals surface area contributed by atoms with Crippen molar-refractivity contribution < 1.29 is 17.4 Å². The number of allylic oxidation sites excluding steroid dienone is 4. The Morgan fingerprint density at radius 1 is 1.44 bits per heavy atom. The van der Waals surface area contributed by atoms with E-state index >= 15 is 0 Å². The van der Waals surface area contributed by atoms with Crippen molar-refractivity contribution in [2.24, 2.45) is 0 Å². The van der Waals surface area contributed by atoms with E-state index in [4.69, 9.17) is 0 Å². The van der Waals surface area contributed by atoms with Crippen LogP contribution in [-0.2, 0) is 17.4 Å². The van der Waals surface area contributed by atoms with E-state index in [2.05, 4.69) is 36.5 Å². The van der Waals surface area contributed by atoms with Gasteiger partial charge in [-0.2, -0.15) is 0 Å². The molecule has 0 heterocycles. The Bertz CT molecular complexity index is 138. The maximum atomic E-state index is 2.59. The van der Waals surface area contributed by atoms with Crippen LogP contribution in [0.25, 0.3) is 0 Å². The van der Waals surface area contributed by atoms with Gasteiger partial charge in [-0.3, -0.25) is 0 Å². The van der Waals surface area contributed by atoms with Gasteiger partial charge in [0.1, 0.15) is 0 Å². The average Bonchev–Trinajstić information content (AvgIpc) is 1.91. The minimum Gasteiger partial charge on any atom is -0.147 e. The molecule has 0 aliphatic heterocycles. The third-order valence-corrected chi connectivity index (χ3v) is 1.97. The fraction of sp³-hybridized carbons (Fsp3) is 0.333. The summed E-state index contributed by atoms with van der Waals surface area (Å²) in [5, 5.41) is 0. The van der Waals surface area contributed by atoms with Gasteiger partial charge in [0.15, 0.2) is 0 Å². The molecule has 0 N–H and O–H groups in total. The fourth-order valence-electron chi connectivity index (χ4n) is 0.605. The molecule has 52 valence electrons. The molecule has 1 aliphatic rings. The van der Waals surface area contributed by atoms with E-state index in [0.717, 1.165) is 6.42 Å². The van der Waals surface area contributed by atoms with E-state index < -0.39 is 0 Å². The van der Waals surface area contributed by atoms with E-state index in [1.807, 2.05) is 0 Å². The predicted molar refractivity (Wildman–Crippen MR) is 41.0 cm³/mol. The zero-order valence-electron chi connectivity index (χ0n) is 5.13. The third-order valence-electron chi connectivity index (χ3n) is 1.13. The molecule has 0 nitrogen and oxygen atoms in total. The van der Waals surface area contributed by atoms with Gasteiger partial charge >= 0.3 is 52.8 Å². The monoisotopic (exact) mass is 202 g/mol. The molecule has 0 fully saturated rings. The smallest absolute Gasteiger partial charge is 0.147 e. The normalized spacial score (nSPS) is 14.8. The Morgan fingerprint density at radius 2 is 2.00 bits per heavy atom. The first-order valence-electron chi connectivity index (χ1n) is 2.36. The van der Waals surface area contributed by atoms with Gasteiger partial charge in [0.25, 0.3) is 0 Å². The van der Waals surface area contributed by atoms with Crippen LogP contribution in [0.2, 0.25) is 0 Å². The minimum atomic E-state index is 0. The summed E-state index contributed by atoms with van der Waals surface area (Å²) in [5.41, 5.74) is 1.42. The van der Waals surface area contributed by atoms with Crippen LogP contribution in [0.4, 0.5) is 0 Å². The molecule has 0 saturated carbocycles. The van der Waals surface area contributed by atoms with Crippen molar-refractivity contribution in [1.29, 1.82) is 0 Å². The van der Waals surface area contributed by atoms with Gasteiger partial charge in [-0.15, -0.1) is 24.8 Å². The molecule has 0 aromatic heterocycles. The van der Waals surface area contributed by atoms with Crippen LogP contribution >= 0.6 is 24.8 Å². The topological polar surface area (TPSA) is 0 Å². The number of hydrogen-bond acceptors (Lipinski definition) is 0. The molecular formula is C6H9Cl2V. The van der Waals surface area contributed by atoms with Crippen LogP contribution in [0.1, 0.15) is 13.3 Å². The molecule has 9 heavy (non-hydrogen) atoms. The maximum Gasteiger partial charge on any atom is -0.147 e. The number of hydrogen-bond donors (Lipinski definition) is 0. The Balaban J connectivity index is 0. The van der Waals surface area contributed by atoms with Gasteiger partial charge in [-0.25, -0.2) is 0 Å². The summed E-state index contributed by atoms with van der Waals surface area (Å²) in [7, 11) is 0. The molecule has 0 atom stereocenters. The van der Waals surface area contributed by atoms with Gasteiger partial charge in [0.05, 0.1) is 0 Å². The summed E-state index contributed by atoms with van der Waals surface area (Å²) < 4.78 is 1.45. The molecule has 0 bridgehead atoms. The molecule has 0 amide bonds. The van der Waals surface area contributed by atoms with E-state index in [9.17, 15) is 0 Å². The summed E-state index contributed by atoms with van der Waals surface area (Å²) in [6.07, 6.45) is 5.49. The summed E-state index contributed by atoms with van der Waals surface area (Å²) in [6.45, 7) is 2.14. The maximum absolute atomic E-state index is 2.59. The average molecular weight is 203 g/mol. The van der Waals surface area contributed by atoms with E-state index in [1.165, 1.54) is 9.86 Å². The van der Waals surface area contributed by atoms with Crippen LogP contribution in [0.5, 0.6) is 0 Å². The molecule has 0 unspecified atom stereocenters. The van der Waals surface area contributed by atoms with Crippen molar-refractivity contribution in [2.45, 2.75) is 13.3 Å². The van der Waals surface area contributed by atoms with Gasteiger partial charge in [0.2, 0.25) is 0 Å². The summed E-state index contributed by atoms with van der Waals surface area (Å²) in [5.74, 6) is 0. The van der Waals surface area contributed by atoms with Crippen molar-refractivity contribution in [3.05, 3.63) is 22.0 Å². The summed E-state index contributed by atoms with van der Waals surface area (Å²) in [4.78, 5) is 0. The van der Waals surface area contributed by atoms with Crippen molar-refractivity contribution in [3.8, 4) is 0 Å². The van der Waals surface area contributed by atoms with Crippen LogP contribution in [0.3, 0.4) is 0 Å². The first-order valence-corrected chi connectivity index (χ1v) is 3.06. The zero-order chi connectivity index (χ0) is 5.28. The number of halogens is 2. The molecule has 0 aromatic rings. The molecule has 0 saturated heterocycles. The molecular weight excluding hydrogens is 194 g/mol. The Kier molecular flexibility index (Phi) is 7.44. The predicted octanol–water partition coefficient (Wildman–Crippen LogP) is 2.61. The molecule has 1 aliphatic carbocycles. The SMILES string of the molecule is CC1=[C]([V])CC=C1.Cl.Cl. The van der Waals surface area contributed by atoms with Gasteiger partial charge < -0.3 is 0 Å². The third kappa shape index (κ3) is 3.37. The quantitative estimate of drug-likeness (QED) is 0.567. The minimum absolute atomic E-state index is 0. The van der Waals surface area contributed by atoms with E-state index in [0.29, 0.717) is 0 Å². The van der Waals surface area contributed by atoms with Crippen molar-refractivity contribution in [3.63, 3.8) is 0 Å². The fourth-order valence-corrected chi connectivity index (χ4v) is 0.886. The molecule has 1 rings (SSSR count). The van der Waals surface area contributed by atoms with Gasteiger partial charge in [-0.1, -0.05) is 0 Å². The standard InChI is InChI=1S/C6H7.2ClH.V/c1-6-4-2-3-5-6;;;/h2,4H,3H2,1H3;2*1H;. The van der Waals surface area contributed by atoms with E-state index in [1.54, 1.807) is 0 Å². The van der Waals surface area contributed by atoms with Crippen LogP contribution in [-0.4, -0.2) is 0 Å². The molecule has 0 spiro atoms. The molecule has 3 heteroatoms. The summed E-state index contributed by atoms with van der Waals surface area (Å²) >= 11 is 2.59. The molecule has 0 radical (unpaired) electrons.